The van der Waals surface area contributed by atoms with Crippen LogP contribution in [0.4, 0.5) is 4.39 Å². The van der Waals surface area contributed by atoms with E-state index in [-0.39, 0.29) is 18.1 Å². The maximum atomic E-state index is 12.7. The van der Waals surface area contributed by atoms with Gasteiger partial charge in [-0.1, -0.05) is 12.1 Å². The lowest BCUT2D eigenvalue weighted by Crippen LogP contribution is -2.29. The lowest BCUT2D eigenvalue weighted by molar-refractivity contribution is 0.465. The summed E-state index contributed by atoms with van der Waals surface area (Å²) in [6.45, 7) is 0.594. The second kappa shape index (κ2) is 6.09. The molecule has 96 valence electrons. The van der Waals surface area contributed by atoms with Gasteiger partial charge in [0.05, 0.1) is 5.75 Å². The maximum absolute atomic E-state index is 12.7. The van der Waals surface area contributed by atoms with Gasteiger partial charge in [-0.05, 0) is 30.7 Å². The van der Waals surface area contributed by atoms with Crippen LogP contribution < -0.4 is 5.73 Å². The lowest BCUT2D eigenvalue weighted by atomic mass is 10.2. The summed E-state index contributed by atoms with van der Waals surface area (Å²) in [5.41, 5.74) is 6.04. The van der Waals surface area contributed by atoms with Crippen LogP contribution in [-0.2, 0) is 16.6 Å². The molecule has 0 aliphatic carbocycles. The molecular formula is C11H17FN2O2S. The summed E-state index contributed by atoms with van der Waals surface area (Å²) in [5.74, 6) is -0.288. The van der Waals surface area contributed by atoms with E-state index in [9.17, 15) is 12.8 Å². The first kappa shape index (κ1) is 14.1. The van der Waals surface area contributed by atoms with Crippen molar-refractivity contribution in [1.29, 1.82) is 0 Å². The third-order valence-corrected chi connectivity index (χ3v) is 4.28. The summed E-state index contributed by atoms with van der Waals surface area (Å²) >= 11 is 0. The van der Waals surface area contributed by atoms with Gasteiger partial charge in [-0.2, -0.15) is 0 Å². The summed E-state index contributed by atoms with van der Waals surface area (Å²) < 4.78 is 37.5. The third-order valence-electron chi connectivity index (χ3n) is 2.40. The Bertz CT molecular complexity index is 445. The summed E-state index contributed by atoms with van der Waals surface area (Å²) in [4.78, 5) is 0. The molecule has 1 rings (SSSR count). The van der Waals surface area contributed by atoms with Crippen molar-refractivity contribution in [2.45, 2.75) is 13.0 Å². The average Bonchev–Trinajstić information content (AvgIpc) is 2.29. The van der Waals surface area contributed by atoms with Gasteiger partial charge in [0.2, 0.25) is 10.0 Å². The molecule has 0 atom stereocenters. The molecule has 0 amide bonds. The molecule has 6 heteroatoms. The fraction of sp³-hybridized carbons (Fsp3) is 0.455. The van der Waals surface area contributed by atoms with Crippen LogP contribution in [0.3, 0.4) is 0 Å². The van der Waals surface area contributed by atoms with Gasteiger partial charge < -0.3 is 5.73 Å². The van der Waals surface area contributed by atoms with Crippen molar-refractivity contribution in [2.75, 3.05) is 19.3 Å². The first-order valence-corrected chi connectivity index (χ1v) is 6.95. The Labute approximate surface area is 101 Å². The zero-order valence-corrected chi connectivity index (χ0v) is 10.6. The second-order valence-electron chi connectivity index (χ2n) is 3.84. The standard InChI is InChI=1S/C11H17FN2O2S/c1-14(17(15,16)8-2-7-13)9-10-3-5-11(12)6-4-10/h3-6H,2,7-9,13H2,1H3. The molecule has 1 aromatic carbocycles. The van der Waals surface area contributed by atoms with Crippen LogP contribution in [0.1, 0.15) is 12.0 Å². The number of halogens is 1. The number of nitrogens with two attached hydrogens (primary N) is 1. The van der Waals surface area contributed by atoms with E-state index in [1.807, 2.05) is 0 Å². The van der Waals surface area contributed by atoms with Gasteiger partial charge in [0.15, 0.2) is 0 Å². The quantitative estimate of drug-likeness (QED) is 0.828. The smallest absolute Gasteiger partial charge is 0.214 e. The Hall–Kier alpha value is -0.980. The third kappa shape index (κ3) is 4.41. The largest absolute Gasteiger partial charge is 0.330 e. The summed E-state index contributed by atoms with van der Waals surface area (Å²) in [6.07, 6.45) is 0.441. The number of benzene rings is 1. The van der Waals surface area contributed by atoms with Crippen molar-refractivity contribution < 1.29 is 12.8 Å². The molecule has 0 unspecified atom stereocenters. The number of nitrogens with zero attached hydrogens (tertiary/aromatic N) is 1. The van der Waals surface area contributed by atoms with Crippen LogP contribution >= 0.6 is 0 Å². The predicted octanol–water partition coefficient (Wildman–Crippen LogP) is 0.936. The zero-order chi connectivity index (χ0) is 12.9. The predicted molar refractivity (Wildman–Crippen MR) is 65.3 cm³/mol. The van der Waals surface area contributed by atoms with Gasteiger partial charge in [-0.25, -0.2) is 17.1 Å². The van der Waals surface area contributed by atoms with E-state index in [0.717, 1.165) is 5.56 Å². The molecular weight excluding hydrogens is 243 g/mol. The monoisotopic (exact) mass is 260 g/mol. The van der Waals surface area contributed by atoms with E-state index < -0.39 is 10.0 Å². The summed E-state index contributed by atoms with van der Waals surface area (Å²) in [6, 6.07) is 5.78. The first-order valence-electron chi connectivity index (χ1n) is 5.34. The van der Waals surface area contributed by atoms with Crippen molar-refractivity contribution >= 4 is 10.0 Å². The van der Waals surface area contributed by atoms with E-state index >= 15 is 0 Å². The SMILES string of the molecule is CN(Cc1ccc(F)cc1)S(=O)(=O)CCCN. The Kier molecular flexibility index (Phi) is 5.04. The van der Waals surface area contributed by atoms with Crippen molar-refractivity contribution in [3.8, 4) is 0 Å². The van der Waals surface area contributed by atoms with Gasteiger partial charge in [0.25, 0.3) is 0 Å². The van der Waals surface area contributed by atoms with Crippen LogP contribution in [0.5, 0.6) is 0 Å². The topological polar surface area (TPSA) is 63.4 Å². The van der Waals surface area contributed by atoms with Gasteiger partial charge in [-0.3, -0.25) is 0 Å². The van der Waals surface area contributed by atoms with Gasteiger partial charge >= 0.3 is 0 Å². The van der Waals surface area contributed by atoms with Crippen molar-refractivity contribution in [3.63, 3.8) is 0 Å². The average molecular weight is 260 g/mol. The molecule has 0 radical (unpaired) electrons. The number of sulfonamides is 1. The number of rotatable bonds is 6. The normalized spacial score (nSPS) is 12.0. The van der Waals surface area contributed by atoms with Crippen LogP contribution in [0.15, 0.2) is 24.3 Å². The maximum Gasteiger partial charge on any atom is 0.214 e. The first-order chi connectivity index (χ1) is 7.95. The highest BCUT2D eigenvalue weighted by atomic mass is 32.2. The molecule has 2 N–H and O–H groups in total. The zero-order valence-electron chi connectivity index (χ0n) is 9.77. The molecule has 0 aliphatic rings. The van der Waals surface area contributed by atoms with E-state index in [4.69, 9.17) is 5.73 Å². The minimum atomic E-state index is -3.27. The van der Waals surface area contributed by atoms with Crippen LogP contribution in [0.25, 0.3) is 0 Å². The lowest BCUT2D eigenvalue weighted by Gasteiger charge is -2.16. The highest BCUT2D eigenvalue weighted by molar-refractivity contribution is 7.89. The molecule has 0 fully saturated rings. The van der Waals surface area contributed by atoms with Gasteiger partial charge in [-0.15, -0.1) is 0 Å². The molecule has 1 aromatic rings. The van der Waals surface area contributed by atoms with Crippen molar-refractivity contribution in [3.05, 3.63) is 35.6 Å². The highest BCUT2D eigenvalue weighted by Crippen LogP contribution is 2.09. The molecule has 0 spiro atoms. The molecule has 0 bridgehead atoms. The Morgan fingerprint density at radius 3 is 2.41 bits per heavy atom. The number of hydrogen-bond acceptors (Lipinski definition) is 3. The van der Waals surface area contributed by atoms with E-state index in [2.05, 4.69) is 0 Å². The fourth-order valence-corrected chi connectivity index (χ4v) is 2.56. The molecule has 4 nitrogen and oxygen atoms in total. The van der Waals surface area contributed by atoms with Crippen LogP contribution in [0, 0.1) is 5.82 Å². The molecule has 0 aliphatic heterocycles. The Morgan fingerprint density at radius 1 is 1.29 bits per heavy atom. The number of hydrogen-bond donors (Lipinski definition) is 1. The minimum absolute atomic E-state index is 0.0429. The van der Waals surface area contributed by atoms with Crippen LogP contribution in [0.2, 0.25) is 0 Å². The Morgan fingerprint density at radius 2 is 1.88 bits per heavy atom. The Balaban J connectivity index is 2.65. The minimum Gasteiger partial charge on any atom is -0.330 e. The molecule has 0 heterocycles. The van der Waals surface area contributed by atoms with Crippen LogP contribution in [-0.4, -0.2) is 32.1 Å². The molecule has 17 heavy (non-hydrogen) atoms. The van der Waals surface area contributed by atoms with Crippen molar-refractivity contribution in [2.24, 2.45) is 5.73 Å². The molecule has 0 saturated carbocycles. The fourth-order valence-electron chi connectivity index (χ4n) is 1.37. The van der Waals surface area contributed by atoms with Crippen molar-refractivity contribution in [1.82, 2.24) is 4.31 Å². The summed E-state index contributed by atoms with van der Waals surface area (Å²) in [5, 5.41) is 0. The van der Waals surface area contributed by atoms with E-state index in [1.165, 1.54) is 23.5 Å². The highest BCUT2D eigenvalue weighted by Gasteiger charge is 2.17. The second-order valence-corrected chi connectivity index (χ2v) is 6.04. The van der Waals surface area contributed by atoms with Gasteiger partial charge in [0, 0.05) is 13.6 Å². The van der Waals surface area contributed by atoms with E-state index in [1.54, 1.807) is 12.1 Å². The molecule has 0 saturated heterocycles. The van der Waals surface area contributed by atoms with E-state index in [0.29, 0.717) is 13.0 Å². The van der Waals surface area contributed by atoms with Gasteiger partial charge in [0.1, 0.15) is 5.82 Å². The molecule has 0 aromatic heterocycles. The summed E-state index contributed by atoms with van der Waals surface area (Å²) in [7, 11) is -1.76.